The standard InChI is InChI=1S/C15H13N5O5S2/c1-2-7-20-9-6-4-3-5-8(9)11(21)10(13(20)23)12(22)17-14-18-19-15(26-14)27(16,24)25/h2-6,21H,1,7H2,(H2,16,24,25)(H,17,18,22). The fourth-order valence-corrected chi connectivity index (χ4v) is 3.77. The van der Waals surface area contributed by atoms with Crippen molar-refractivity contribution in [2.75, 3.05) is 5.32 Å². The summed E-state index contributed by atoms with van der Waals surface area (Å²) in [6, 6.07) is 6.53. The van der Waals surface area contributed by atoms with E-state index in [2.05, 4.69) is 22.1 Å². The monoisotopic (exact) mass is 407 g/mol. The van der Waals surface area contributed by atoms with Crippen molar-refractivity contribution in [3.8, 4) is 5.75 Å². The molecule has 0 saturated heterocycles. The smallest absolute Gasteiger partial charge is 0.268 e. The first kappa shape index (κ1) is 18.7. The van der Waals surface area contributed by atoms with Gasteiger partial charge in [0, 0.05) is 11.9 Å². The normalized spacial score (nSPS) is 11.4. The third-order valence-corrected chi connectivity index (χ3v) is 5.70. The van der Waals surface area contributed by atoms with Crippen LogP contribution in [0, 0.1) is 0 Å². The van der Waals surface area contributed by atoms with Crippen LogP contribution in [0.25, 0.3) is 10.9 Å². The van der Waals surface area contributed by atoms with Gasteiger partial charge in [-0.3, -0.25) is 14.9 Å². The Kier molecular flexibility index (Phi) is 4.78. The molecule has 0 bridgehead atoms. The fourth-order valence-electron chi connectivity index (χ4n) is 2.44. The lowest BCUT2D eigenvalue weighted by Crippen LogP contribution is -2.29. The number of hydrogen-bond acceptors (Lipinski definition) is 8. The van der Waals surface area contributed by atoms with Gasteiger partial charge in [-0.15, -0.1) is 16.8 Å². The minimum absolute atomic E-state index is 0.119. The number of sulfonamides is 1. The molecule has 1 amide bonds. The number of carbonyl (C=O) groups excluding carboxylic acids is 1. The van der Waals surface area contributed by atoms with Crippen LogP contribution in [-0.2, 0) is 16.6 Å². The van der Waals surface area contributed by atoms with Crippen molar-refractivity contribution in [2.45, 2.75) is 10.9 Å². The molecule has 0 atom stereocenters. The number of hydrogen-bond donors (Lipinski definition) is 3. The molecule has 3 rings (SSSR count). The van der Waals surface area contributed by atoms with Crippen molar-refractivity contribution in [1.82, 2.24) is 14.8 Å². The predicted octanol–water partition coefficient (Wildman–Crippen LogP) is 0.644. The van der Waals surface area contributed by atoms with Crippen molar-refractivity contribution in [1.29, 1.82) is 0 Å². The Morgan fingerprint density at radius 1 is 1.37 bits per heavy atom. The molecule has 0 aliphatic carbocycles. The Morgan fingerprint density at radius 3 is 2.70 bits per heavy atom. The van der Waals surface area contributed by atoms with Crippen LogP contribution in [0.15, 0.2) is 46.1 Å². The Labute approximate surface area is 156 Å². The average molecular weight is 407 g/mol. The first-order valence-corrected chi connectivity index (χ1v) is 9.73. The van der Waals surface area contributed by atoms with Crippen molar-refractivity contribution >= 4 is 43.3 Å². The Morgan fingerprint density at radius 2 is 2.07 bits per heavy atom. The van der Waals surface area contributed by atoms with Gasteiger partial charge >= 0.3 is 0 Å². The van der Waals surface area contributed by atoms with Gasteiger partial charge in [-0.05, 0) is 12.1 Å². The highest BCUT2D eigenvalue weighted by Gasteiger charge is 2.24. The quantitative estimate of drug-likeness (QED) is 0.414. The van der Waals surface area contributed by atoms with E-state index in [0.29, 0.717) is 22.2 Å². The number of carbonyl (C=O) groups is 1. The summed E-state index contributed by atoms with van der Waals surface area (Å²) in [6.07, 6.45) is 1.48. The van der Waals surface area contributed by atoms with E-state index in [1.54, 1.807) is 24.3 Å². The second-order valence-electron chi connectivity index (χ2n) is 5.32. The Hall–Kier alpha value is -3.09. The second kappa shape index (κ2) is 6.90. The number of nitrogens with zero attached hydrogens (tertiary/aromatic N) is 3. The molecule has 12 heteroatoms. The van der Waals surface area contributed by atoms with Gasteiger partial charge in [0.05, 0.1) is 5.52 Å². The highest BCUT2D eigenvalue weighted by atomic mass is 32.2. The third-order valence-electron chi connectivity index (χ3n) is 3.55. The summed E-state index contributed by atoms with van der Waals surface area (Å²) in [5.74, 6) is -1.46. The van der Waals surface area contributed by atoms with E-state index in [0.717, 1.165) is 0 Å². The van der Waals surface area contributed by atoms with Crippen LogP contribution in [0.1, 0.15) is 10.4 Å². The van der Waals surface area contributed by atoms with Gasteiger partial charge in [0.2, 0.25) is 9.47 Å². The minimum atomic E-state index is -4.07. The molecule has 140 valence electrons. The number of nitrogens with two attached hydrogens (primary N) is 1. The topological polar surface area (TPSA) is 157 Å². The number of nitrogens with one attached hydrogen (secondary N) is 1. The number of aromatic nitrogens is 3. The molecule has 0 unspecified atom stereocenters. The largest absolute Gasteiger partial charge is 0.506 e. The molecule has 0 saturated carbocycles. The summed E-state index contributed by atoms with van der Waals surface area (Å²) in [5, 5.41) is 24.6. The predicted molar refractivity (Wildman–Crippen MR) is 99.3 cm³/mol. The highest BCUT2D eigenvalue weighted by Crippen LogP contribution is 2.27. The van der Waals surface area contributed by atoms with Crippen LogP contribution in [0.5, 0.6) is 5.75 Å². The first-order chi connectivity index (χ1) is 12.7. The van der Waals surface area contributed by atoms with Gasteiger partial charge in [0.25, 0.3) is 21.5 Å². The van der Waals surface area contributed by atoms with Crippen LogP contribution in [0.2, 0.25) is 0 Å². The summed E-state index contributed by atoms with van der Waals surface area (Å²) >= 11 is 0.519. The van der Waals surface area contributed by atoms with E-state index in [-0.39, 0.29) is 11.7 Å². The zero-order chi connectivity index (χ0) is 19.8. The van der Waals surface area contributed by atoms with Gasteiger partial charge in [0.15, 0.2) is 0 Å². The van der Waals surface area contributed by atoms with Gasteiger partial charge in [0.1, 0.15) is 11.3 Å². The van der Waals surface area contributed by atoms with Gasteiger partial charge in [-0.2, -0.15) is 0 Å². The molecule has 4 N–H and O–H groups in total. The molecule has 27 heavy (non-hydrogen) atoms. The van der Waals surface area contributed by atoms with E-state index in [1.807, 2.05) is 0 Å². The van der Waals surface area contributed by atoms with Crippen LogP contribution >= 0.6 is 11.3 Å². The minimum Gasteiger partial charge on any atom is -0.506 e. The number of amides is 1. The number of anilines is 1. The number of para-hydroxylation sites is 1. The van der Waals surface area contributed by atoms with E-state index in [9.17, 15) is 23.1 Å². The lowest BCUT2D eigenvalue weighted by atomic mass is 10.1. The van der Waals surface area contributed by atoms with Crippen molar-refractivity contribution < 1.29 is 18.3 Å². The van der Waals surface area contributed by atoms with E-state index >= 15 is 0 Å². The van der Waals surface area contributed by atoms with Crippen LogP contribution in [0.3, 0.4) is 0 Å². The number of fused-ring (bicyclic) bond motifs is 1. The summed E-state index contributed by atoms with van der Waals surface area (Å²) < 4.78 is 23.3. The van der Waals surface area contributed by atoms with Crippen molar-refractivity contribution in [2.24, 2.45) is 5.14 Å². The van der Waals surface area contributed by atoms with Crippen LogP contribution in [0.4, 0.5) is 5.13 Å². The average Bonchev–Trinajstić information content (AvgIpc) is 3.07. The van der Waals surface area contributed by atoms with Crippen molar-refractivity contribution in [3.63, 3.8) is 0 Å². The zero-order valence-electron chi connectivity index (χ0n) is 13.6. The molecule has 1 aromatic carbocycles. The molecule has 2 aromatic heterocycles. The summed E-state index contributed by atoms with van der Waals surface area (Å²) in [4.78, 5) is 25.3. The van der Waals surface area contributed by atoms with Gasteiger partial charge in [-0.1, -0.05) is 29.5 Å². The number of benzene rings is 1. The summed E-state index contributed by atoms with van der Waals surface area (Å²) in [5.41, 5.74) is -0.813. The van der Waals surface area contributed by atoms with Crippen LogP contribution < -0.4 is 16.0 Å². The molecule has 0 aliphatic heterocycles. The maximum Gasteiger partial charge on any atom is 0.268 e. The third kappa shape index (κ3) is 3.45. The van der Waals surface area contributed by atoms with Gasteiger partial charge in [-0.25, -0.2) is 13.6 Å². The lowest BCUT2D eigenvalue weighted by Gasteiger charge is -2.13. The molecule has 0 radical (unpaired) electrons. The second-order valence-corrected chi connectivity index (χ2v) is 8.03. The zero-order valence-corrected chi connectivity index (χ0v) is 15.2. The molecule has 10 nitrogen and oxygen atoms in total. The molecule has 0 aliphatic rings. The molecule has 3 aromatic rings. The fraction of sp³-hybridized carbons (Fsp3) is 0.0667. The summed E-state index contributed by atoms with van der Waals surface area (Å²) in [6.45, 7) is 3.71. The molecule has 0 fully saturated rings. The van der Waals surface area contributed by atoms with E-state index in [1.165, 1.54) is 10.6 Å². The number of rotatable bonds is 5. The molecular weight excluding hydrogens is 394 g/mol. The van der Waals surface area contributed by atoms with E-state index < -0.39 is 37.1 Å². The SMILES string of the molecule is C=CCn1c(=O)c(C(=O)Nc2nnc(S(N)(=O)=O)s2)c(O)c2ccccc21. The number of allylic oxidation sites excluding steroid dienone is 1. The number of primary sulfonamides is 1. The first-order valence-electron chi connectivity index (χ1n) is 7.37. The molecule has 2 heterocycles. The lowest BCUT2D eigenvalue weighted by molar-refractivity contribution is 0.102. The highest BCUT2D eigenvalue weighted by molar-refractivity contribution is 7.91. The van der Waals surface area contributed by atoms with Gasteiger partial charge < -0.3 is 9.67 Å². The summed E-state index contributed by atoms with van der Waals surface area (Å²) in [7, 11) is -4.07. The molecule has 0 spiro atoms. The Balaban J connectivity index is 2.10. The number of aromatic hydroxyl groups is 1. The van der Waals surface area contributed by atoms with Crippen LogP contribution in [-0.4, -0.2) is 34.2 Å². The van der Waals surface area contributed by atoms with Crippen molar-refractivity contribution in [3.05, 3.63) is 52.8 Å². The maximum atomic E-state index is 12.7. The maximum absolute atomic E-state index is 12.7. The number of pyridine rings is 1. The van der Waals surface area contributed by atoms with E-state index in [4.69, 9.17) is 5.14 Å². The molecular formula is C15H13N5O5S2. The Bertz CT molecular complexity index is 1230.